The fourth-order valence-electron chi connectivity index (χ4n) is 1.31. The van der Waals surface area contributed by atoms with Gasteiger partial charge in [-0.2, -0.15) is 0 Å². The molecule has 0 unspecified atom stereocenters. The molecule has 0 bridgehead atoms. The highest BCUT2D eigenvalue weighted by molar-refractivity contribution is 6.32. The van der Waals surface area contributed by atoms with Gasteiger partial charge in [-0.1, -0.05) is 31.0 Å². The molecule has 1 aromatic carbocycles. The van der Waals surface area contributed by atoms with E-state index in [1.165, 1.54) is 0 Å². The molecule has 0 aliphatic carbocycles. The smallest absolute Gasteiger partial charge is 0.138 e. The van der Waals surface area contributed by atoms with Crippen molar-refractivity contribution in [1.82, 2.24) is 0 Å². The van der Waals surface area contributed by atoms with E-state index in [0.29, 0.717) is 11.6 Å². The molecule has 0 amide bonds. The van der Waals surface area contributed by atoms with Crippen LogP contribution in [-0.4, -0.2) is 5.11 Å². The highest BCUT2D eigenvalue weighted by atomic mass is 35.5. The molecule has 2 nitrogen and oxygen atoms in total. The number of hydrogen-bond acceptors (Lipinski definition) is 2. The van der Waals surface area contributed by atoms with Gasteiger partial charge in [-0.25, -0.2) is 0 Å². The first-order chi connectivity index (χ1) is 6.19. The van der Waals surface area contributed by atoms with E-state index in [1.807, 2.05) is 6.07 Å². The van der Waals surface area contributed by atoms with Crippen LogP contribution in [0.25, 0.3) is 0 Å². The molecule has 13 heavy (non-hydrogen) atoms. The molecular weight excluding hydrogens is 186 g/mol. The average Bonchev–Trinajstić information content (AvgIpc) is 2.11. The van der Waals surface area contributed by atoms with Gasteiger partial charge in [0.1, 0.15) is 5.75 Å². The lowest BCUT2D eigenvalue weighted by atomic mass is 10.1. The number of phenols is 1. The minimum Gasteiger partial charge on any atom is -0.506 e. The van der Waals surface area contributed by atoms with Gasteiger partial charge in [0.2, 0.25) is 0 Å². The second kappa shape index (κ2) is 4.49. The Hall–Kier alpha value is -0.730. The Bertz CT molecular complexity index is 299. The summed E-state index contributed by atoms with van der Waals surface area (Å²) in [6, 6.07) is 3.70. The highest BCUT2D eigenvalue weighted by Gasteiger charge is 2.06. The van der Waals surface area contributed by atoms with Gasteiger partial charge in [0.15, 0.2) is 0 Å². The maximum absolute atomic E-state index is 9.48. The van der Waals surface area contributed by atoms with Crippen molar-refractivity contribution in [2.24, 2.45) is 5.73 Å². The number of halogens is 1. The third kappa shape index (κ3) is 2.36. The molecule has 0 saturated heterocycles. The van der Waals surface area contributed by atoms with Crippen LogP contribution in [0.5, 0.6) is 5.75 Å². The zero-order valence-corrected chi connectivity index (χ0v) is 8.43. The van der Waals surface area contributed by atoms with E-state index in [4.69, 9.17) is 17.3 Å². The van der Waals surface area contributed by atoms with Crippen molar-refractivity contribution in [3.8, 4) is 5.75 Å². The lowest BCUT2D eigenvalue weighted by molar-refractivity contribution is 0.468. The van der Waals surface area contributed by atoms with Gasteiger partial charge in [0.25, 0.3) is 0 Å². The van der Waals surface area contributed by atoms with E-state index in [1.54, 1.807) is 6.07 Å². The van der Waals surface area contributed by atoms with Gasteiger partial charge in [-0.05, 0) is 18.1 Å². The molecule has 0 heterocycles. The van der Waals surface area contributed by atoms with Crippen molar-refractivity contribution in [2.75, 3.05) is 0 Å². The SMILES string of the molecule is CCCc1cc(Cl)c(O)c(CN)c1. The number of aryl methyl sites for hydroxylation is 1. The van der Waals surface area contributed by atoms with Crippen LogP contribution in [-0.2, 0) is 13.0 Å². The highest BCUT2D eigenvalue weighted by Crippen LogP contribution is 2.29. The zero-order chi connectivity index (χ0) is 9.84. The summed E-state index contributed by atoms with van der Waals surface area (Å²) in [4.78, 5) is 0. The van der Waals surface area contributed by atoms with E-state index < -0.39 is 0 Å². The second-order valence-electron chi connectivity index (χ2n) is 3.04. The predicted octanol–water partition coefficient (Wildman–Crippen LogP) is 2.46. The molecule has 1 rings (SSSR count). The summed E-state index contributed by atoms with van der Waals surface area (Å²) in [5.74, 6) is 0.115. The van der Waals surface area contributed by atoms with E-state index in [2.05, 4.69) is 6.92 Å². The third-order valence-corrected chi connectivity index (χ3v) is 2.25. The van der Waals surface area contributed by atoms with Gasteiger partial charge in [-0.15, -0.1) is 0 Å². The summed E-state index contributed by atoms with van der Waals surface area (Å²) in [5, 5.41) is 9.87. The van der Waals surface area contributed by atoms with Crippen LogP contribution in [0.4, 0.5) is 0 Å². The van der Waals surface area contributed by atoms with E-state index in [0.717, 1.165) is 24.0 Å². The van der Waals surface area contributed by atoms with Crippen LogP contribution in [0.3, 0.4) is 0 Å². The Morgan fingerprint density at radius 3 is 2.69 bits per heavy atom. The van der Waals surface area contributed by atoms with Gasteiger partial charge in [0, 0.05) is 12.1 Å². The van der Waals surface area contributed by atoms with Crippen LogP contribution in [0.2, 0.25) is 5.02 Å². The van der Waals surface area contributed by atoms with Crippen LogP contribution in [0.15, 0.2) is 12.1 Å². The number of phenolic OH excluding ortho intramolecular Hbond substituents is 1. The lowest BCUT2D eigenvalue weighted by Crippen LogP contribution is -1.98. The molecule has 0 radical (unpaired) electrons. The summed E-state index contributed by atoms with van der Waals surface area (Å²) >= 11 is 5.83. The van der Waals surface area contributed by atoms with Gasteiger partial charge in [-0.3, -0.25) is 0 Å². The molecule has 0 fully saturated rings. The Morgan fingerprint density at radius 1 is 1.46 bits per heavy atom. The summed E-state index contributed by atoms with van der Waals surface area (Å²) in [6.07, 6.45) is 2.03. The first-order valence-electron chi connectivity index (χ1n) is 4.39. The molecule has 72 valence electrons. The van der Waals surface area contributed by atoms with Gasteiger partial charge >= 0.3 is 0 Å². The van der Waals surface area contributed by atoms with Crippen molar-refractivity contribution in [1.29, 1.82) is 0 Å². The largest absolute Gasteiger partial charge is 0.506 e. The number of aromatic hydroxyl groups is 1. The molecule has 0 atom stereocenters. The van der Waals surface area contributed by atoms with Crippen LogP contribution < -0.4 is 5.73 Å². The van der Waals surface area contributed by atoms with Crippen LogP contribution in [0, 0.1) is 0 Å². The fourth-order valence-corrected chi connectivity index (χ4v) is 1.57. The maximum atomic E-state index is 9.48. The summed E-state index contributed by atoms with van der Waals surface area (Å²) in [6.45, 7) is 2.42. The normalized spacial score (nSPS) is 10.4. The number of hydrogen-bond donors (Lipinski definition) is 2. The van der Waals surface area contributed by atoms with Crippen molar-refractivity contribution >= 4 is 11.6 Å². The molecule has 0 aromatic heterocycles. The minimum atomic E-state index is 0.115. The molecule has 3 heteroatoms. The molecule has 0 aliphatic heterocycles. The van der Waals surface area contributed by atoms with Crippen molar-refractivity contribution < 1.29 is 5.11 Å². The number of rotatable bonds is 3. The average molecular weight is 200 g/mol. The van der Waals surface area contributed by atoms with E-state index in [-0.39, 0.29) is 5.75 Å². The molecule has 1 aromatic rings. The van der Waals surface area contributed by atoms with Gasteiger partial charge < -0.3 is 10.8 Å². The lowest BCUT2D eigenvalue weighted by Gasteiger charge is -2.07. The molecule has 0 aliphatic rings. The van der Waals surface area contributed by atoms with E-state index in [9.17, 15) is 5.11 Å². The first kappa shape index (κ1) is 10.4. The molecule has 0 saturated carbocycles. The Morgan fingerprint density at radius 2 is 2.15 bits per heavy atom. The monoisotopic (exact) mass is 199 g/mol. The number of nitrogens with two attached hydrogens (primary N) is 1. The predicted molar refractivity (Wildman–Crippen MR) is 55.0 cm³/mol. The van der Waals surface area contributed by atoms with Crippen molar-refractivity contribution in [3.05, 3.63) is 28.3 Å². The Labute approximate surface area is 83.3 Å². The van der Waals surface area contributed by atoms with Crippen molar-refractivity contribution in [3.63, 3.8) is 0 Å². The van der Waals surface area contributed by atoms with Gasteiger partial charge in [0.05, 0.1) is 5.02 Å². The first-order valence-corrected chi connectivity index (χ1v) is 4.77. The summed E-state index contributed by atoms with van der Waals surface area (Å²) < 4.78 is 0. The summed E-state index contributed by atoms with van der Waals surface area (Å²) in [7, 11) is 0. The zero-order valence-electron chi connectivity index (χ0n) is 7.68. The van der Waals surface area contributed by atoms with Crippen molar-refractivity contribution in [2.45, 2.75) is 26.3 Å². The van der Waals surface area contributed by atoms with Crippen LogP contribution in [0.1, 0.15) is 24.5 Å². The third-order valence-electron chi connectivity index (χ3n) is 1.96. The molecule has 3 N–H and O–H groups in total. The fraction of sp³-hybridized carbons (Fsp3) is 0.400. The topological polar surface area (TPSA) is 46.2 Å². The molecular formula is C10H14ClNO. The standard InChI is InChI=1S/C10H14ClNO/c1-2-3-7-4-8(6-12)10(13)9(11)5-7/h4-5,13H,2-3,6,12H2,1H3. The summed E-state index contributed by atoms with van der Waals surface area (Å²) in [5.41, 5.74) is 7.31. The maximum Gasteiger partial charge on any atom is 0.138 e. The number of benzene rings is 1. The molecule has 0 spiro atoms. The second-order valence-corrected chi connectivity index (χ2v) is 3.45. The van der Waals surface area contributed by atoms with E-state index >= 15 is 0 Å². The Kier molecular flexibility index (Phi) is 3.58. The minimum absolute atomic E-state index is 0.115. The quantitative estimate of drug-likeness (QED) is 0.786. The Balaban J connectivity index is 3.06. The van der Waals surface area contributed by atoms with Crippen LogP contribution >= 0.6 is 11.6 Å².